The maximum absolute atomic E-state index is 9.41. The van der Waals surface area contributed by atoms with E-state index in [9.17, 15) is 5.11 Å². The fourth-order valence-corrected chi connectivity index (χ4v) is 2.62. The molecule has 1 aliphatic rings. The highest BCUT2D eigenvalue weighted by molar-refractivity contribution is 6.35. The summed E-state index contributed by atoms with van der Waals surface area (Å²) in [6.07, 6.45) is 1.78. The van der Waals surface area contributed by atoms with Crippen LogP contribution in [0.3, 0.4) is 0 Å². The van der Waals surface area contributed by atoms with Crippen molar-refractivity contribution in [2.75, 3.05) is 24.5 Å². The summed E-state index contributed by atoms with van der Waals surface area (Å²) >= 11 is 6.13. The molecule has 100 valence electrons. The van der Waals surface area contributed by atoms with Gasteiger partial charge in [0.05, 0.1) is 16.9 Å². The van der Waals surface area contributed by atoms with Gasteiger partial charge in [-0.05, 0) is 13.0 Å². The Labute approximate surface area is 116 Å². The van der Waals surface area contributed by atoms with Crippen LogP contribution in [0.4, 0.5) is 5.69 Å². The molecule has 2 N–H and O–H groups in total. The van der Waals surface area contributed by atoms with E-state index in [2.05, 4.69) is 27.1 Å². The second kappa shape index (κ2) is 4.83. The van der Waals surface area contributed by atoms with Gasteiger partial charge in [0.15, 0.2) is 5.65 Å². The number of piperazine rings is 1. The van der Waals surface area contributed by atoms with Gasteiger partial charge in [-0.3, -0.25) is 0 Å². The summed E-state index contributed by atoms with van der Waals surface area (Å²) in [5, 5.41) is 14.1. The van der Waals surface area contributed by atoms with Crippen LogP contribution in [0, 0.1) is 0 Å². The molecule has 1 fully saturated rings. The van der Waals surface area contributed by atoms with Crippen LogP contribution in [-0.4, -0.2) is 40.8 Å². The molecule has 0 spiro atoms. The lowest BCUT2D eigenvalue weighted by Gasteiger charge is -2.33. The van der Waals surface area contributed by atoms with Crippen LogP contribution in [0.5, 0.6) is 5.88 Å². The Hall–Kier alpha value is -1.59. The molecule has 0 radical (unpaired) electrons. The van der Waals surface area contributed by atoms with Crippen LogP contribution in [0.1, 0.15) is 6.92 Å². The van der Waals surface area contributed by atoms with Crippen LogP contribution < -0.4 is 10.2 Å². The molecular formula is C13H15ClN4O. The fraction of sp³-hybridized carbons (Fsp3) is 0.385. The standard InChI is InChI=1S/C13H15ClN4O/c1-8-7-18(3-2-15-8)9-4-10-11(14)5-12(19)17-13(10)16-6-9/h4-6,8,15H,2-3,7H2,1H3,(H,16,17,19). The molecule has 1 atom stereocenters. The molecule has 19 heavy (non-hydrogen) atoms. The minimum atomic E-state index is -0.103. The zero-order valence-corrected chi connectivity index (χ0v) is 11.4. The van der Waals surface area contributed by atoms with Crippen molar-refractivity contribution < 1.29 is 5.11 Å². The molecule has 2 aromatic rings. The van der Waals surface area contributed by atoms with Crippen molar-refractivity contribution in [1.29, 1.82) is 0 Å². The van der Waals surface area contributed by atoms with Crippen molar-refractivity contribution in [2.45, 2.75) is 13.0 Å². The first-order valence-electron chi connectivity index (χ1n) is 6.27. The van der Waals surface area contributed by atoms with Crippen LogP contribution in [0.15, 0.2) is 18.3 Å². The summed E-state index contributed by atoms with van der Waals surface area (Å²) < 4.78 is 0. The summed E-state index contributed by atoms with van der Waals surface area (Å²) in [4.78, 5) is 10.5. The molecule has 0 aliphatic carbocycles. The van der Waals surface area contributed by atoms with Crippen LogP contribution in [0.25, 0.3) is 11.0 Å². The number of rotatable bonds is 1. The normalized spacial score (nSPS) is 19.9. The van der Waals surface area contributed by atoms with Gasteiger partial charge in [-0.15, -0.1) is 0 Å². The predicted molar refractivity (Wildman–Crippen MR) is 75.9 cm³/mol. The summed E-state index contributed by atoms with van der Waals surface area (Å²) in [5.74, 6) is -0.103. The van der Waals surface area contributed by atoms with E-state index in [-0.39, 0.29) is 5.88 Å². The zero-order valence-electron chi connectivity index (χ0n) is 10.6. The molecule has 0 saturated carbocycles. The maximum atomic E-state index is 9.41. The van der Waals surface area contributed by atoms with Crippen LogP contribution in [-0.2, 0) is 0 Å². The number of fused-ring (bicyclic) bond motifs is 1. The SMILES string of the molecule is CC1CN(c2cnc3nc(O)cc(Cl)c3c2)CCN1. The highest BCUT2D eigenvalue weighted by Crippen LogP contribution is 2.28. The van der Waals surface area contributed by atoms with Crippen LogP contribution >= 0.6 is 11.6 Å². The lowest BCUT2D eigenvalue weighted by molar-refractivity contribution is 0.455. The molecule has 3 heterocycles. The first-order valence-corrected chi connectivity index (χ1v) is 6.65. The van der Waals surface area contributed by atoms with Gasteiger partial charge in [-0.2, -0.15) is 4.98 Å². The first kappa shape index (κ1) is 12.4. The summed E-state index contributed by atoms with van der Waals surface area (Å²) in [7, 11) is 0. The molecular weight excluding hydrogens is 264 g/mol. The highest BCUT2D eigenvalue weighted by Gasteiger charge is 2.17. The number of hydrogen-bond acceptors (Lipinski definition) is 5. The van der Waals surface area contributed by atoms with E-state index in [0.717, 1.165) is 30.7 Å². The lowest BCUT2D eigenvalue weighted by Crippen LogP contribution is -2.49. The van der Waals surface area contributed by atoms with Crippen LogP contribution in [0.2, 0.25) is 5.02 Å². The Morgan fingerprint density at radius 3 is 3.11 bits per heavy atom. The molecule has 3 rings (SSSR count). The Kier molecular flexibility index (Phi) is 3.16. The number of anilines is 1. The Morgan fingerprint density at radius 1 is 1.47 bits per heavy atom. The largest absolute Gasteiger partial charge is 0.493 e. The Balaban J connectivity index is 2.01. The Morgan fingerprint density at radius 2 is 2.32 bits per heavy atom. The fourth-order valence-electron chi connectivity index (χ4n) is 2.38. The molecule has 0 aromatic carbocycles. The minimum Gasteiger partial charge on any atom is -0.493 e. The van der Waals surface area contributed by atoms with Crippen molar-refractivity contribution in [1.82, 2.24) is 15.3 Å². The predicted octanol–water partition coefficient (Wildman–Crippen LogP) is 1.79. The number of halogens is 1. The third kappa shape index (κ3) is 2.43. The average Bonchev–Trinajstić information content (AvgIpc) is 2.38. The molecule has 1 aliphatic heterocycles. The molecule has 5 nitrogen and oxygen atoms in total. The molecule has 6 heteroatoms. The second-order valence-corrected chi connectivity index (χ2v) is 5.24. The van der Waals surface area contributed by atoms with Crippen molar-refractivity contribution >= 4 is 28.3 Å². The van der Waals surface area contributed by atoms with Gasteiger partial charge in [0.25, 0.3) is 0 Å². The number of aromatic nitrogens is 2. The Bertz CT molecular complexity index is 619. The summed E-state index contributed by atoms with van der Waals surface area (Å²) in [5.41, 5.74) is 1.51. The van der Waals surface area contributed by atoms with Gasteiger partial charge >= 0.3 is 0 Å². The average molecular weight is 279 g/mol. The molecule has 1 saturated heterocycles. The van der Waals surface area contributed by atoms with E-state index >= 15 is 0 Å². The number of hydrogen-bond donors (Lipinski definition) is 2. The second-order valence-electron chi connectivity index (χ2n) is 4.83. The third-order valence-electron chi connectivity index (χ3n) is 3.32. The van der Waals surface area contributed by atoms with Gasteiger partial charge in [0.2, 0.25) is 5.88 Å². The molecule has 0 amide bonds. The maximum Gasteiger partial charge on any atom is 0.214 e. The smallest absolute Gasteiger partial charge is 0.214 e. The quantitative estimate of drug-likeness (QED) is 0.833. The van der Waals surface area contributed by atoms with Gasteiger partial charge in [0, 0.05) is 37.1 Å². The van der Waals surface area contributed by atoms with Crippen molar-refractivity contribution in [3.8, 4) is 5.88 Å². The van der Waals surface area contributed by atoms with E-state index < -0.39 is 0 Å². The monoisotopic (exact) mass is 278 g/mol. The number of aromatic hydroxyl groups is 1. The number of pyridine rings is 2. The topological polar surface area (TPSA) is 61.3 Å². The molecule has 2 aromatic heterocycles. The minimum absolute atomic E-state index is 0.103. The summed E-state index contributed by atoms with van der Waals surface area (Å²) in [6.45, 7) is 5.00. The van der Waals surface area contributed by atoms with E-state index in [0.29, 0.717) is 16.7 Å². The lowest BCUT2D eigenvalue weighted by atomic mass is 10.2. The third-order valence-corrected chi connectivity index (χ3v) is 3.63. The highest BCUT2D eigenvalue weighted by atomic mass is 35.5. The van der Waals surface area contributed by atoms with Crippen molar-refractivity contribution in [2.24, 2.45) is 0 Å². The van der Waals surface area contributed by atoms with E-state index in [4.69, 9.17) is 11.6 Å². The van der Waals surface area contributed by atoms with Crippen molar-refractivity contribution in [3.05, 3.63) is 23.4 Å². The molecule has 1 unspecified atom stereocenters. The van der Waals surface area contributed by atoms with E-state index in [1.54, 1.807) is 6.20 Å². The van der Waals surface area contributed by atoms with Gasteiger partial charge < -0.3 is 15.3 Å². The van der Waals surface area contributed by atoms with E-state index in [1.165, 1.54) is 6.07 Å². The molecule has 0 bridgehead atoms. The zero-order chi connectivity index (χ0) is 13.4. The van der Waals surface area contributed by atoms with Gasteiger partial charge in [-0.1, -0.05) is 11.6 Å². The number of nitrogens with zero attached hydrogens (tertiary/aromatic N) is 3. The number of nitrogens with one attached hydrogen (secondary N) is 1. The van der Waals surface area contributed by atoms with Gasteiger partial charge in [-0.25, -0.2) is 4.98 Å². The van der Waals surface area contributed by atoms with Gasteiger partial charge in [0.1, 0.15) is 0 Å². The van der Waals surface area contributed by atoms with Crippen molar-refractivity contribution in [3.63, 3.8) is 0 Å². The first-order chi connectivity index (χ1) is 9.13. The summed E-state index contributed by atoms with van der Waals surface area (Å²) in [6, 6.07) is 3.88. The van der Waals surface area contributed by atoms with E-state index in [1.807, 2.05) is 6.07 Å².